The van der Waals surface area contributed by atoms with Gasteiger partial charge in [0.1, 0.15) is 5.76 Å². The molecule has 0 bridgehead atoms. The smallest absolute Gasteiger partial charge is 0.287 e. The first-order chi connectivity index (χ1) is 12.2. The molecule has 0 aromatic carbocycles. The van der Waals surface area contributed by atoms with Crippen molar-refractivity contribution in [2.24, 2.45) is 0 Å². The number of furan rings is 1. The second-order valence-corrected chi connectivity index (χ2v) is 6.90. The van der Waals surface area contributed by atoms with Gasteiger partial charge < -0.3 is 14.3 Å². The third kappa shape index (κ3) is 3.39. The fourth-order valence-corrected chi connectivity index (χ4v) is 4.00. The first kappa shape index (κ1) is 16.1. The van der Waals surface area contributed by atoms with Gasteiger partial charge in [-0.3, -0.25) is 14.5 Å². The van der Waals surface area contributed by atoms with Crippen molar-refractivity contribution in [2.75, 3.05) is 13.1 Å². The van der Waals surface area contributed by atoms with E-state index in [1.165, 1.54) is 18.9 Å². The summed E-state index contributed by atoms with van der Waals surface area (Å²) in [5.41, 5.74) is -0.0896. The zero-order valence-electron chi connectivity index (χ0n) is 14.2. The Morgan fingerprint density at radius 1 is 1.16 bits per heavy atom. The van der Waals surface area contributed by atoms with Crippen LogP contribution < -0.4 is 10.9 Å². The van der Waals surface area contributed by atoms with Gasteiger partial charge in [0, 0.05) is 30.9 Å². The Hall–Kier alpha value is -2.34. The number of aromatic nitrogens is 1. The standard InChI is InChI=1S/C19H23N3O3/c23-18-6-2-4-11-22(18)13-14-7-8-17(25-14)19(24)20-15-9-12-21-10-3-1-5-16(15)21/h2,4,6-8,11,15-16H,1,3,5,9-10,12-13H2,(H,20,24)/t15-,16+/m1/s1. The van der Waals surface area contributed by atoms with Gasteiger partial charge in [0.15, 0.2) is 5.76 Å². The second-order valence-electron chi connectivity index (χ2n) is 6.90. The summed E-state index contributed by atoms with van der Waals surface area (Å²) in [5, 5.41) is 3.14. The SMILES string of the molecule is O=C(N[C@@H]1CCN2CCCC[C@@H]12)c1ccc(Cn2ccccc2=O)o1. The monoisotopic (exact) mass is 341 g/mol. The Labute approximate surface area is 146 Å². The maximum Gasteiger partial charge on any atom is 0.287 e. The molecule has 2 atom stereocenters. The zero-order chi connectivity index (χ0) is 17.2. The van der Waals surface area contributed by atoms with Crippen molar-refractivity contribution in [1.82, 2.24) is 14.8 Å². The maximum atomic E-state index is 12.5. The molecule has 2 saturated heterocycles. The number of nitrogens with zero attached hydrogens (tertiary/aromatic N) is 2. The molecule has 2 aromatic heterocycles. The quantitative estimate of drug-likeness (QED) is 0.921. The normalized spacial score (nSPS) is 23.4. The lowest BCUT2D eigenvalue weighted by atomic mass is 9.99. The largest absolute Gasteiger partial charge is 0.454 e. The topological polar surface area (TPSA) is 67.5 Å². The molecule has 2 aromatic rings. The van der Waals surface area contributed by atoms with Crippen LogP contribution in [0, 0.1) is 0 Å². The summed E-state index contributed by atoms with van der Waals surface area (Å²) in [4.78, 5) is 26.8. The number of carbonyl (C=O) groups excluding carboxylic acids is 1. The van der Waals surface area contributed by atoms with E-state index >= 15 is 0 Å². The number of hydrogen-bond acceptors (Lipinski definition) is 4. The minimum absolute atomic E-state index is 0.0896. The number of pyridine rings is 1. The van der Waals surface area contributed by atoms with Gasteiger partial charge in [-0.2, -0.15) is 0 Å². The highest BCUT2D eigenvalue weighted by Gasteiger charge is 2.36. The lowest BCUT2D eigenvalue weighted by Gasteiger charge is -2.32. The lowest BCUT2D eigenvalue weighted by Crippen LogP contribution is -2.46. The van der Waals surface area contributed by atoms with Crippen LogP contribution in [0.1, 0.15) is 42.0 Å². The Bertz CT molecular complexity index is 810. The van der Waals surface area contributed by atoms with Gasteiger partial charge in [-0.25, -0.2) is 0 Å². The molecule has 0 spiro atoms. The van der Waals surface area contributed by atoms with Crippen LogP contribution in [0.25, 0.3) is 0 Å². The van der Waals surface area contributed by atoms with Crippen molar-refractivity contribution >= 4 is 5.91 Å². The van der Waals surface area contributed by atoms with Crippen LogP contribution >= 0.6 is 0 Å². The van der Waals surface area contributed by atoms with Gasteiger partial charge in [0.2, 0.25) is 0 Å². The predicted octanol–water partition coefficient (Wildman–Crippen LogP) is 1.85. The molecule has 2 fully saturated rings. The van der Waals surface area contributed by atoms with E-state index in [2.05, 4.69) is 10.2 Å². The van der Waals surface area contributed by atoms with Crippen LogP contribution in [0.15, 0.2) is 45.7 Å². The van der Waals surface area contributed by atoms with E-state index in [4.69, 9.17) is 4.42 Å². The minimum Gasteiger partial charge on any atom is -0.454 e. The molecular weight excluding hydrogens is 318 g/mol. The van der Waals surface area contributed by atoms with Crippen molar-refractivity contribution in [3.8, 4) is 0 Å². The number of carbonyl (C=O) groups is 1. The molecule has 4 rings (SSSR count). The molecule has 1 N–H and O–H groups in total. The number of hydrogen-bond donors (Lipinski definition) is 1. The summed E-state index contributed by atoms with van der Waals surface area (Å²) in [6, 6.07) is 9.13. The molecule has 1 amide bonds. The van der Waals surface area contributed by atoms with Crippen molar-refractivity contribution in [3.63, 3.8) is 0 Å². The molecule has 0 unspecified atom stereocenters. The van der Waals surface area contributed by atoms with Crippen LogP contribution in [0.3, 0.4) is 0 Å². The van der Waals surface area contributed by atoms with E-state index in [-0.39, 0.29) is 17.5 Å². The van der Waals surface area contributed by atoms with Crippen molar-refractivity contribution < 1.29 is 9.21 Å². The Morgan fingerprint density at radius 2 is 2.08 bits per heavy atom. The van der Waals surface area contributed by atoms with E-state index in [9.17, 15) is 9.59 Å². The summed E-state index contributed by atoms with van der Waals surface area (Å²) in [5.74, 6) is 0.751. The summed E-state index contributed by atoms with van der Waals surface area (Å²) in [7, 11) is 0. The Kier molecular flexibility index (Phi) is 4.44. The number of piperidine rings is 1. The van der Waals surface area contributed by atoms with Crippen LogP contribution in [0.2, 0.25) is 0 Å². The molecule has 6 nitrogen and oxygen atoms in total. The molecule has 2 aliphatic heterocycles. The molecule has 6 heteroatoms. The van der Waals surface area contributed by atoms with Gasteiger partial charge >= 0.3 is 0 Å². The molecule has 2 aliphatic rings. The molecule has 0 aliphatic carbocycles. The zero-order valence-corrected chi connectivity index (χ0v) is 14.2. The van der Waals surface area contributed by atoms with Crippen molar-refractivity contribution in [1.29, 1.82) is 0 Å². The number of fused-ring (bicyclic) bond motifs is 1. The van der Waals surface area contributed by atoms with Crippen LogP contribution in [-0.2, 0) is 6.54 Å². The molecule has 0 radical (unpaired) electrons. The van der Waals surface area contributed by atoms with Crippen molar-refractivity contribution in [2.45, 2.75) is 44.3 Å². The van der Waals surface area contributed by atoms with Crippen molar-refractivity contribution in [3.05, 3.63) is 58.4 Å². The highest BCUT2D eigenvalue weighted by molar-refractivity contribution is 5.91. The summed E-state index contributed by atoms with van der Waals surface area (Å²) in [6.45, 7) is 2.54. The number of amides is 1. The third-order valence-electron chi connectivity index (χ3n) is 5.28. The maximum absolute atomic E-state index is 12.5. The minimum atomic E-state index is -0.163. The predicted molar refractivity (Wildman–Crippen MR) is 93.6 cm³/mol. The molecule has 132 valence electrons. The second kappa shape index (κ2) is 6.88. The average molecular weight is 341 g/mol. The van der Waals surface area contributed by atoms with Crippen LogP contribution in [0.4, 0.5) is 0 Å². The van der Waals surface area contributed by atoms with Crippen LogP contribution in [0.5, 0.6) is 0 Å². The molecule has 0 saturated carbocycles. The highest BCUT2D eigenvalue weighted by atomic mass is 16.4. The van der Waals surface area contributed by atoms with E-state index < -0.39 is 0 Å². The lowest BCUT2D eigenvalue weighted by molar-refractivity contribution is 0.0885. The van der Waals surface area contributed by atoms with Gasteiger partial charge in [-0.1, -0.05) is 12.5 Å². The molecule has 4 heterocycles. The summed E-state index contributed by atoms with van der Waals surface area (Å²) < 4.78 is 7.22. The van der Waals surface area contributed by atoms with E-state index in [0.29, 0.717) is 24.1 Å². The van der Waals surface area contributed by atoms with Gasteiger partial charge in [0.05, 0.1) is 6.54 Å². The van der Waals surface area contributed by atoms with E-state index in [1.807, 2.05) is 0 Å². The first-order valence-corrected chi connectivity index (χ1v) is 9.00. The third-order valence-corrected chi connectivity index (χ3v) is 5.28. The summed E-state index contributed by atoms with van der Waals surface area (Å²) in [6.07, 6.45) is 6.37. The first-order valence-electron chi connectivity index (χ1n) is 9.00. The summed E-state index contributed by atoms with van der Waals surface area (Å²) >= 11 is 0. The van der Waals surface area contributed by atoms with Crippen LogP contribution in [-0.4, -0.2) is 40.5 Å². The van der Waals surface area contributed by atoms with Gasteiger partial charge in [-0.15, -0.1) is 0 Å². The molecule has 25 heavy (non-hydrogen) atoms. The Morgan fingerprint density at radius 3 is 2.96 bits per heavy atom. The molecular formula is C19H23N3O3. The van der Waals surface area contributed by atoms with E-state index in [0.717, 1.165) is 25.9 Å². The fourth-order valence-electron chi connectivity index (χ4n) is 4.00. The Balaban J connectivity index is 1.41. The average Bonchev–Trinajstić information content (AvgIpc) is 3.25. The number of rotatable bonds is 4. The fraction of sp³-hybridized carbons (Fsp3) is 0.474. The van der Waals surface area contributed by atoms with E-state index in [1.54, 1.807) is 35.0 Å². The van der Waals surface area contributed by atoms with Gasteiger partial charge in [-0.05, 0) is 44.0 Å². The number of nitrogens with one attached hydrogen (secondary N) is 1. The highest BCUT2D eigenvalue weighted by Crippen LogP contribution is 2.27. The van der Waals surface area contributed by atoms with Gasteiger partial charge in [0.25, 0.3) is 11.5 Å².